The van der Waals surface area contributed by atoms with Crippen LogP contribution in [0.25, 0.3) is 0 Å². The van der Waals surface area contributed by atoms with Gasteiger partial charge >= 0.3 is 12.1 Å². The van der Waals surface area contributed by atoms with Crippen molar-refractivity contribution in [1.82, 2.24) is 5.32 Å². The average Bonchev–Trinajstić information content (AvgIpc) is 2.94. The van der Waals surface area contributed by atoms with Gasteiger partial charge < -0.3 is 14.4 Å². The van der Waals surface area contributed by atoms with Crippen LogP contribution in [0.4, 0.5) is 10.5 Å². The third kappa shape index (κ3) is 3.95. The number of carbonyl (C=O) groups excluding carboxylic acids is 3. The first-order valence-corrected chi connectivity index (χ1v) is 13.4. The van der Waals surface area contributed by atoms with Crippen LogP contribution in [-0.2, 0) is 23.9 Å². The Labute approximate surface area is 206 Å². The van der Waals surface area contributed by atoms with E-state index in [4.69, 9.17) is 9.47 Å². The maximum absolute atomic E-state index is 13.6. The molecule has 1 heterocycles. The third-order valence-corrected chi connectivity index (χ3v) is 9.55. The van der Waals surface area contributed by atoms with E-state index < -0.39 is 22.5 Å². The van der Waals surface area contributed by atoms with E-state index in [1.54, 1.807) is 14.0 Å². The van der Waals surface area contributed by atoms with E-state index in [1.807, 2.05) is 18.2 Å². The van der Waals surface area contributed by atoms with Crippen LogP contribution in [0.5, 0.6) is 0 Å². The number of rotatable bonds is 6. The van der Waals surface area contributed by atoms with Crippen molar-refractivity contribution in [2.75, 3.05) is 24.3 Å². The lowest BCUT2D eigenvalue weighted by atomic mass is 9.54. The Morgan fingerprint density at radius 1 is 1.18 bits per heavy atom. The molecule has 2 amide bonds. The number of hydrogen-bond donors (Lipinski definition) is 1. The lowest BCUT2D eigenvalue weighted by Gasteiger charge is -2.55. The number of nitrogens with one attached hydrogen (secondary N) is 1. The molecule has 9 heteroatoms. The minimum absolute atomic E-state index is 0.0775. The van der Waals surface area contributed by atoms with Gasteiger partial charge in [0, 0.05) is 17.1 Å². The fourth-order valence-electron chi connectivity index (χ4n) is 6.77. The van der Waals surface area contributed by atoms with Gasteiger partial charge in [-0.1, -0.05) is 22.0 Å². The number of nitrogens with zero attached hydrogens (tertiary/aromatic N) is 1. The molecule has 33 heavy (non-hydrogen) atoms. The molecule has 1 aromatic carbocycles. The average molecular weight is 537 g/mol. The second-order valence-corrected chi connectivity index (χ2v) is 11.9. The van der Waals surface area contributed by atoms with Gasteiger partial charge in [-0.2, -0.15) is 0 Å². The molecule has 0 spiro atoms. The lowest BCUT2D eigenvalue weighted by Crippen LogP contribution is -2.56. The number of hydrogen-bond acceptors (Lipinski definition) is 6. The van der Waals surface area contributed by atoms with Crippen molar-refractivity contribution in [2.24, 2.45) is 17.8 Å². The lowest BCUT2D eigenvalue weighted by molar-refractivity contribution is -0.139. The van der Waals surface area contributed by atoms with Crippen LogP contribution in [-0.4, -0.2) is 43.0 Å². The molecular weight excluding hydrogens is 508 g/mol. The Kier molecular flexibility index (Phi) is 5.92. The van der Waals surface area contributed by atoms with Crippen molar-refractivity contribution in [3.63, 3.8) is 0 Å². The number of amides is 2. The molecular formula is C24H29BrN2O5S. The SMILES string of the molecule is CCOC(=O)CS[C@@]1(NC(=O)OC23CC4CC(CC(C4)C2)C3)C(=O)N(C)c2cccc(Br)c21. The smallest absolute Gasteiger partial charge is 0.409 e. The van der Waals surface area contributed by atoms with Crippen LogP contribution in [0.1, 0.15) is 51.0 Å². The van der Waals surface area contributed by atoms with E-state index in [1.165, 1.54) is 24.2 Å². The van der Waals surface area contributed by atoms with Crippen molar-refractivity contribution in [3.8, 4) is 0 Å². The van der Waals surface area contributed by atoms with Gasteiger partial charge in [0.05, 0.1) is 18.0 Å². The highest BCUT2D eigenvalue weighted by Gasteiger charge is 2.56. The number of carbonyl (C=O) groups is 3. The Bertz CT molecular complexity index is 966. The fourth-order valence-corrected chi connectivity index (χ4v) is 8.75. The first kappa shape index (κ1) is 23.0. The van der Waals surface area contributed by atoms with Gasteiger partial charge in [0.1, 0.15) is 5.60 Å². The monoisotopic (exact) mass is 536 g/mol. The van der Waals surface area contributed by atoms with Gasteiger partial charge in [0.25, 0.3) is 5.91 Å². The van der Waals surface area contributed by atoms with Gasteiger partial charge in [0.2, 0.25) is 0 Å². The van der Waals surface area contributed by atoms with Crippen molar-refractivity contribution in [3.05, 3.63) is 28.2 Å². The molecule has 0 aromatic heterocycles. The number of anilines is 1. The highest BCUT2D eigenvalue weighted by molar-refractivity contribution is 9.10. The summed E-state index contributed by atoms with van der Waals surface area (Å²) in [5.41, 5.74) is 0.867. The summed E-state index contributed by atoms with van der Waals surface area (Å²) in [6.45, 7) is 1.99. The predicted octanol–water partition coefficient (Wildman–Crippen LogP) is 4.57. The summed E-state index contributed by atoms with van der Waals surface area (Å²) < 4.78 is 11.9. The molecule has 4 aliphatic carbocycles. The number of thioether (sulfide) groups is 1. The number of alkyl carbamates (subject to hydrolysis) is 1. The summed E-state index contributed by atoms with van der Waals surface area (Å²) in [7, 11) is 1.67. The van der Waals surface area contributed by atoms with Gasteiger partial charge in [-0.05, 0) is 75.3 Å². The number of fused-ring (bicyclic) bond motifs is 1. The molecule has 7 nitrogen and oxygen atoms in total. The highest BCUT2D eigenvalue weighted by Crippen LogP contribution is 2.57. The van der Waals surface area contributed by atoms with E-state index in [2.05, 4.69) is 21.2 Å². The molecule has 4 bridgehead atoms. The number of halogens is 1. The Hall–Kier alpha value is -1.74. The summed E-state index contributed by atoms with van der Waals surface area (Å²) in [4.78, 5) is 39.2. The zero-order valence-corrected chi connectivity index (χ0v) is 21.3. The third-order valence-electron chi connectivity index (χ3n) is 7.59. The van der Waals surface area contributed by atoms with Gasteiger partial charge in [-0.3, -0.25) is 14.9 Å². The van der Waals surface area contributed by atoms with E-state index in [-0.39, 0.29) is 18.3 Å². The maximum Gasteiger partial charge on any atom is 0.409 e. The van der Waals surface area contributed by atoms with Crippen molar-refractivity contribution < 1.29 is 23.9 Å². The van der Waals surface area contributed by atoms with E-state index in [0.29, 0.717) is 33.5 Å². The first-order valence-electron chi connectivity index (χ1n) is 11.6. The first-order chi connectivity index (χ1) is 15.7. The normalized spacial score (nSPS) is 33.7. The predicted molar refractivity (Wildman–Crippen MR) is 129 cm³/mol. The summed E-state index contributed by atoms with van der Waals surface area (Å²) in [5.74, 6) is 1.06. The molecule has 1 aromatic rings. The van der Waals surface area contributed by atoms with Gasteiger partial charge in [-0.25, -0.2) is 4.79 Å². The number of benzene rings is 1. The minimum Gasteiger partial charge on any atom is -0.465 e. The molecule has 4 fully saturated rings. The molecule has 0 radical (unpaired) electrons. The zero-order chi connectivity index (χ0) is 23.4. The van der Waals surface area contributed by atoms with Crippen molar-refractivity contribution in [1.29, 1.82) is 0 Å². The number of ether oxygens (including phenoxy) is 2. The van der Waals surface area contributed by atoms with E-state index in [0.717, 1.165) is 31.0 Å². The van der Waals surface area contributed by atoms with Gasteiger partial charge in [-0.15, -0.1) is 11.8 Å². The molecule has 0 saturated heterocycles. The standard InChI is InChI=1S/C24H29BrN2O5S/c1-3-31-19(28)13-33-24(20-17(25)5-4-6-18(20)27(2)21(24)29)26-22(30)32-23-10-14-7-15(11-23)9-16(8-14)12-23/h4-6,14-16H,3,7-13H2,1-2H3,(H,26,30)/t14?,15?,16?,23?,24-/m1/s1. The molecule has 0 unspecified atom stereocenters. The fraction of sp³-hybridized carbons (Fsp3) is 0.625. The summed E-state index contributed by atoms with van der Waals surface area (Å²) in [6.07, 6.45) is 5.85. The summed E-state index contributed by atoms with van der Waals surface area (Å²) in [6, 6.07) is 5.50. The second-order valence-electron chi connectivity index (χ2n) is 9.89. The molecule has 178 valence electrons. The number of esters is 1. The van der Waals surface area contributed by atoms with Crippen LogP contribution < -0.4 is 10.2 Å². The van der Waals surface area contributed by atoms with E-state index >= 15 is 0 Å². The minimum atomic E-state index is -1.48. The molecule has 5 aliphatic rings. The van der Waals surface area contributed by atoms with Gasteiger partial charge in [0.15, 0.2) is 4.87 Å². The summed E-state index contributed by atoms with van der Waals surface area (Å²) in [5, 5.41) is 2.91. The second kappa shape index (κ2) is 8.48. The maximum atomic E-state index is 13.6. The largest absolute Gasteiger partial charge is 0.465 e. The highest BCUT2D eigenvalue weighted by atomic mass is 79.9. The van der Waals surface area contributed by atoms with Crippen LogP contribution in [0.15, 0.2) is 22.7 Å². The molecule has 1 aliphatic heterocycles. The molecule has 4 saturated carbocycles. The quantitative estimate of drug-likeness (QED) is 0.423. The summed E-state index contributed by atoms with van der Waals surface area (Å²) >= 11 is 4.62. The topological polar surface area (TPSA) is 84.9 Å². The van der Waals surface area contributed by atoms with E-state index in [9.17, 15) is 14.4 Å². The Morgan fingerprint density at radius 2 is 1.82 bits per heavy atom. The Morgan fingerprint density at radius 3 is 2.42 bits per heavy atom. The van der Waals surface area contributed by atoms with Crippen LogP contribution >= 0.6 is 27.7 Å². The van der Waals surface area contributed by atoms with Crippen molar-refractivity contribution >= 4 is 51.3 Å². The number of likely N-dealkylation sites (N-methyl/N-ethyl adjacent to an activating group) is 1. The van der Waals surface area contributed by atoms with Crippen molar-refractivity contribution in [2.45, 2.75) is 55.9 Å². The van der Waals surface area contributed by atoms with Crippen LogP contribution in [0, 0.1) is 17.8 Å². The van der Waals surface area contributed by atoms with Crippen LogP contribution in [0.3, 0.4) is 0 Å². The zero-order valence-electron chi connectivity index (χ0n) is 18.9. The molecule has 6 rings (SSSR count). The Balaban J connectivity index is 1.43. The molecule has 1 atom stereocenters. The molecule has 1 N–H and O–H groups in total. The van der Waals surface area contributed by atoms with Crippen LogP contribution in [0.2, 0.25) is 0 Å².